The molecule has 0 aliphatic heterocycles. The Kier molecular flexibility index (Phi) is 4.34. The zero-order valence-corrected chi connectivity index (χ0v) is 10.4. The SMILES string of the molecule is Cc1ccc(C)c(CC(C)CC(C)N)c1. The highest BCUT2D eigenvalue weighted by Gasteiger charge is 2.08. The maximum absolute atomic E-state index is 5.81. The van der Waals surface area contributed by atoms with Crippen LogP contribution in [0.5, 0.6) is 0 Å². The van der Waals surface area contributed by atoms with Gasteiger partial charge < -0.3 is 5.73 Å². The van der Waals surface area contributed by atoms with E-state index in [4.69, 9.17) is 5.73 Å². The van der Waals surface area contributed by atoms with Crippen molar-refractivity contribution in [3.8, 4) is 0 Å². The first-order chi connectivity index (χ1) is 6.99. The Morgan fingerprint density at radius 1 is 1.20 bits per heavy atom. The largest absolute Gasteiger partial charge is 0.328 e. The lowest BCUT2D eigenvalue weighted by Gasteiger charge is -2.15. The van der Waals surface area contributed by atoms with Gasteiger partial charge in [-0.25, -0.2) is 0 Å². The van der Waals surface area contributed by atoms with E-state index in [0.717, 1.165) is 12.8 Å². The summed E-state index contributed by atoms with van der Waals surface area (Å²) >= 11 is 0. The van der Waals surface area contributed by atoms with Gasteiger partial charge in [-0.3, -0.25) is 0 Å². The van der Waals surface area contributed by atoms with E-state index in [1.54, 1.807) is 0 Å². The van der Waals surface area contributed by atoms with Crippen molar-refractivity contribution in [2.75, 3.05) is 0 Å². The van der Waals surface area contributed by atoms with Crippen LogP contribution in [0.15, 0.2) is 18.2 Å². The molecule has 1 nitrogen and oxygen atoms in total. The first kappa shape index (κ1) is 12.3. The third-order valence-electron chi connectivity index (χ3n) is 2.85. The van der Waals surface area contributed by atoms with Gasteiger partial charge in [0.1, 0.15) is 0 Å². The molecule has 84 valence electrons. The van der Waals surface area contributed by atoms with Crippen molar-refractivity contribution in [2.45, 2.75) is 46.6 Å². The minimum Gasteiger partial charge on any atom is -0.328 e. The molecule has 1 aromatic carbocycles. The van der Waals surface area contributed by atoms with Crippen molar-refractivity contribution >= 4 is 0 Å². The number of benzene rings is 1. The maximum atomic E-state index is 5.81. The van der Waals surface area contributed by atoms with E-state index in [9.17, 15) is 0 Å². The van der Waals surface area contributed by atoms with E-state index >= 15 is 0 Å². The Hall–Kier alpha value is -0.820. The van der Waals surface area contributed by atoms with Crippen LogP contribution in [0.1, 0.15) is 37.0 Å². The minimum atomic E-state index is 0.310. The quantitative estimate of drug-likeness (QED) is 0.802. The molecule has 0 bridgehead atoms. The van der Waals surface area contributed by atoms with Crippen molar-refractivity contribution in [3.63, 3.8) is 0 Å². The lowest BCUT2D eigenvalue weighted by atomic mass is 9.92. The molecule has 2 N–H and O–H groups in total. The van der Waals surface area contributed by atoms with Gasteiger partial charge in [0.15, 0.2) is 0 Å². The molecule has 15 heavy (non-hydrogen) atoms. The molecule has 0 aliphatic carbocycles. The smallest absolute Gasteiger partial charge is 0.00131 e. The molecule has 1 rings (SSSR count). The molecule has 0 heterocycles. The Bertz CT molecular complexity index is 315. The molecule has 0 fully saturated rings. The Morgan fingerprint density at radius 3 is 2.47 bits per heavy atom. The summed E-state index contributed by atoms with van der Waals surface area (Å²) in [6.07, 6.45) is 2.25. The van der Waals surface area contributed by atoms with E-state index in [2.05, 4.69) is 45.9 Å². The third-order valence-corrected chi connectivity index (χ3v) is 2.85. The fourth-order valence-corrected chi connectivity index (χ4v) is 2.11. The first-order valence-electron chi connectivity index (χ1n) is 5.80. The summed E-state index contributed by atoms with van der Waals surface area (Å²) in [5.74, 6) is 0.672. The molecule has 2 atom stereocenters. The number of nitrogens with two attached hydrogens (primary N) is 1. The summed E-state index contributed by atoms with van der Waals surface area (Å²) in [5, 5.41) is 0. The molecule has 2 unspecified atom stereocenters. The number of hydrogen-bond acceptors (Lipinski definition) is 1. The normalized spacial score (nSPS) is 15.0. The second-order valence-electron chi connectivity index (χ2n) is 4.95. The Morgan fingerprint density at radius 2 is 1.87 bits per heavy atom. The van der Waals surface area contributed by atoms with Crippen LogP contribution >= 0.6 is 0 Å². The van der Waals surface area contributed by atoms with Crippen LogP contribution in [-0.2, 0) is 6.42 Å². The average Bonchev–Trinajstić information content (AvgIpc) is 2.10. The van der Waals surface area contributed by atoms with E-state index < -0.39 is 0 Å². The third kappa shape index (κ3) is 4.05. The lowest BCUT2D eigenvalue weighted by Crippen LogP contribution is -2.19. The summed E-state index contributed by atoms with van der Waals surface area (Å²) in [6.45, 7) is 8.71. The summed E-state index contributed by atoms with van der Waals surface area (Å²) in [4.78, 5) is 0. The molecular weight excluding hydrogens is 182 g/mol. The van der Waals surface area contributed by atoms with Crippen molar-refractivity contribution < 1.29 is 0 Å². The summed E-state index contributed by atoms with van der Waals surface area (Å²) in [5.41, 5.74) is 10.0. The van der Waals surface area contributed by atoms with Gasteiger partial charge in [0.25, 0.3) is 0 Å². The monoisotopic (exact) mass is 205 g/mol. The second kappa shape index (κ2) is 5.32. The van der Waals surface area contributed by atoms with Gasteiger partial charge in [0.05, 0.1) is 0 Å². The summed E-state index contributed by atoms with van der Waals surface area (Å²) < 4.78 is 0. The summed E-state index contributed by atoms with van der Waals surface area (Å²) in [7, 11) is 0. The zero-order valence-electron chi connectivity index (χ0n) is 10.4. The lowest BCUT2D eigenvalue weighted by molar-refractivity contribution is 0.479. The molecule has 1 aromatic rings. The number of rotatable bonds is 4. The van der Waals surface area contributed by atoms with Gasteiger partial charge in [-0.05, 0) is 50.7 Å². The number of aryl methyl sites for hydroxylation is 2. The molecule has 1 heteroatoms. The highest BCUT2D eigenvalue weighted by atomic mass is 14.6. The standard InChI is InChI=1S/C14H23N/c1-10-5-6-12(3)14(8-10)9-11(2)7-13(4)15/h5-6,8,11,13H,7,9,15H2,1-4H3. The van der Waals surface area contributed by atoms with Gasteiger partial charge in [-0.2, -0.15) is 0 Å². The summed E-state index contributed by atoms with van der Waals surface area (Å²) in [6, 6.07) is 7.00. The maximum Gasteiger partial charge on any atom is 0.00131 e. The molecule has 0 aromatic heterocycles. The highest BCUT2D eigenvalue weighted by Crippen LogP contribution is 2.17. The van der Waals surface area contributed by atoms with Crippen LogP contribution in [0, 0.1) is 19.8 Å². The topological polar surface area (TPSA) is 26.0 Å². The van der Waals surface area contributed by atoms with Crippen LogP contribution in [0.2, 0.25) is 0 Å². The van der Waals surface area contributed by atoms with Gasteiger partial charge in [0, 0.05) is 6.04 Å². The zero-order chi connectivity index (χ0) is 11.4. The van der Waals surface area contributed by atoms with Crippen molar-refractivity contribution in [3.05, 3.63) is 34.9 Å². The minimum absolute atomic E-state index is 0.310. The second-order valence-corrected chi connectivity index (χ2v) is 4.95. The van der Waals surface area contributed by atoms with Gasteiger partial charge >= 0.3 is 0 Å². The van der Waals surface area contributed by atoms with Crippen LogP contribution in [0.25, 0.3) is 0 Å². The van der Waals surface area contributed by atoms with Crippen LogP contribution in [0.3, 0.4) is 0 Å². The van der Waals surface area contributed by atoms with E-state index in [-0.39, 0.29) is 0 Å². The fraction of sp³-hybridized carbons (Fsp3) is 0.571. The molecule has 0 spiro atoms. The van der Waals surface area contributed by atoms with E-state index in [1.165, 1.54) is 16.7 Å². The Balaban J connectivity index is 2.67. The van der Waals surface area contributed by atoms with Crippen molar-refractivity contribution in [1.29, 1.82) is 0 Å². The molecule has 0 saturated heterocycles. The van der Waals surface area contributed by atoms with Crippen molar-refractivity contribution in [2.24, 2.45) is 11.7 Å². The van der Waals surface area contributed by atoms with Gasteiger partial charge in [0.2, 0.25) is 0 Å². The van der Waals surface area contributed by atoms with Crippen LogP contribution in [-0.4, -0.2) is 6.04 Å². The van der Waals surface area contributed by atoms with E-state index in [0.29, 0.717) is 12.0 Å². The predicted molar refractivity (Wildman–Crippen MR) is 67.1 cm³/mol. The Labute approximate surface area is 93.7 Å². The fourth-order valence-electron chi connectivity index (χ4n) is 2.11. The average molecular weight is 205 g/mol. The molecular formula is C14H23N. The predicted octanol–water partition coefficient (Wildman–Crippen LogP) is 3.22. The first-order valence-corrected chi connectivity index (χ1v) is 5.80. The van der Waals surface area contributed by atoms with Gasteiger partial charge in [-0.1, -0.05) is 30.7 Å². The van der Waals surface area contributed by atoms with Gasteiger partial charge in [-0.15, -0.1) is 0 Å². The van der Waals surface area contributed by atoms with Crippen molar-refractivity contribution in [1.82, 2.24) is 0 Å². The van der Waals surface area contributed by atoms with E-state index in [1.807, 2.05) is 0 Å². The number of hydrogen-bond donors (Lipinski definition) is 1. The van der Waals surface area contributed by atoms with Crippen LogP contribution in [0.4, 0.5) is 0 Å². The molecule has 0 saturated carbocycles. The molecule has 0 aliphatic rings. The molecule has 0 amide bonds. The molecule has 0 radical (unpaired) electrons. The van der Waals surface area contributed by atoms with Crippen LogP contribution < -0.4 is 5.73 Å². The highest BCUT2D eigenvalue weighted by molar-refractivity contribution is 5.30.